The predicted octanol–water partition coefficient (Wildman–Crippen LogP) is 3.03. The summed E-state index contributed by atoms with van der Waals surface area (Å²) in [6, 6.07) is 16.2. The molecule has 4 rings (SSSR count). The Hall–Kier alpha value is -3.35. The summed E-state index contributed by atoms with van der Waals surface area (Å²) in [6.07, 6.45) is 0.458. The van der Waals surface area contributed by atoms with E-state index in [1.165, 1.54) is 0 Å². The second kappa shape index (κ2) is 8.98. The fourth-order valence-corrected chi connectivity index (χ4v) is 3.97. The number of para-hydroxylation sites is 3. The van der Waals surface area contributed by atoms with Crippen molar-refractivity contribution in [3.05, 3.63) is 59.9 Å². The van der Waals surface area contributed by atoms with E-state index in [0.29, 0.717) is 13.0 Å². The highest BCUT2D eigenvalue weighted by Gasteiger charge is 2.24. The number of rotatable bonds is 6. The van der Waals surface area contributed by atoms with Crippen molar-refractivity contribution < 1.29 is 4.79 Å². The first kappa shape index (κ1) is 19.9. The number of imidazole rings is 1. The number of aromatic nitrogens is 2. The molecule has 0 bridgehead atoms. The molecule has 0 radical (unpaired) electrons. The fourth-order valence-electron chi connectivity index (χ4n) is 3.97. The Morgan fingerprint density at radius 3 is 2.87 bits per heavy atom. The van der Waals surface area contributed by atoms with Crippen molar-refractivity contribution in [1.82, 2.24) is 20.2 Å². The first-order valence-corrected chi connectivity index (χ1v) is 10.5. The van der Waals surface area contributed by atoms with Crippen LogP contribution in [0.15, 0.2) is 53.5 Å². The first-order valence-electron chi connectivity index (χ1n) is 10.5. The van der Waals surface area contributed by atoms with E-state index in [1.807, 2.05) is 50.2 Å². The predicted molar refractivity (Wildman–Crippen MR) is 121 cm³/mol. The molecule has 30 heavy (non-hydrogen) atoms. The maximum Gasteiger partial charge on any atom is 0.225 e. The molecule has 7 heteroatoms. The number of aryl methyl sites for hydroxylation is 1. The van der Waals surface area contributed by atoms with E-state index in [1.54, 1.807) is 0 Å². The van der Waals surface area contributed by atoms with Crippen molar-refractivity contribution in [3.8, 4) is 0 Å². The lowest BCUT2D eigenvalue weighted by Crippen LogP contribution is -2.39. The number of nitrogens with one attached hydrogen (secondary N) is 3. The number of guanidine groups is 1. The Balaban J connectivity index is 1.42. The smallest absolute Gasteiger partial charge is 0.225 e. The Kier molecular flexibility index (Phi) is 5.97. The van der Waals surface area contributed by atoms with Gasteiger partial charge in [0.05, 0.1) is 17.6 Å². The Morgan fingerprint density at radius 1 is 1.20 bits per heavy atom. The molecule has 1 unspecified atom stereocenters. The molecule has 1 aliphatic rings. The molecule has 0 saturated heterocycles. The highest BCUT2D eigenvalue weighted by Crippen LogP contribution is 2.31. The summed E-state index contributed by atoms with van der Waals surface area (Å²) in [7, 11) is 0. The van der Waals surface area contributed by atoms with Crippen LogP contribution in [0.5, 0.6) is 0 Å². The van der Waals surface area contributed by atoms with Gasteiger partial charge in [-0.1, -0.05) is 30.3 Å². The monoisotopic (exact) mass is 404 g/mol. The topological polar surface area (TPSA) is 83.3 Å². The molecule has 2 heterocycles. The van der Waals surface area contributed by atoms with Gasteiger partial charge in [0, 0.05) is 37.7 Å². The van der Waals surface area contributed by atoms with Gasteiger partial charge in [0.25, 0.3) is 0 Å². The van der Waals surface area contributed by atoms with Crippen LogP contribution in [-0.4, -0.2) is 41.1 Å². The summed E-state index contributed by atoms with van der Waals surface area (Å²) < 4.78 is 2.22. The zero-order valence-electron chi connectivity index (χ0n) is 17.5. The minimum Gasteiger partial charge on any atom is -0.357 e. The van der Waals surface area contributed by atoms with Gasteiger partial charge >= 0.3 is 0 Å². The summed E-state index contributed by atoms with van der Waals surface area (Å²) in [5.74, 6) is 1.91. The molecule has 3 N–H and O–H groups in total. The Bertz CT molecular complexity index is 1070. The van der Waals surface area contributed by atoms with Crippen molar-refractivity contribution in [2.45, 2.75) is 32.7 Å². The van der Waals surface area contributed by atoms with Crippen molar-refractivity contribution in [2.24, 2.45) is 4.99 Å². The zero-order chi connectivity index (χ0) is 20.9. The SMILES string of the molecule is CCNC(=NCC1CC(=O)Nc2ccccc21)NCCn1c(C)nc2ccccc21. The summed E-state index contributed by atoms with van der Waals surface area (Å²) >= 11 is 0. The highest BCUT2D eigenvalue weighted by atomic mass is 16.1. The van der Waals surface area contributed by atoms with Gasteiger partial charge < -0.3 is 20.5 Å². The molecule has 1 amide bonds. The van der Waals surface area contributed by atoms with E-state index in [0.717, 1.165) is 53.7 Å². The number of amides is 1. The number of fused-ring (bicyclic) bond motifs is 2. The van der Waals surface area contributed by atoms with Gasteiger partial charge in [-0.25, -0.2) is 4.98 Å². The maximum atomic E-state index is 12.0. The maximum absolute atomic E-state index is 12.0. The number of hydrogen-bond donors (Lipinski definition) is 3. The van der Waals surface area contributed by atoms with Crippen molar-refractivity contribution in [3.63, 3.8) is 0 Å². The molecule has 2 aromatic carbocycles. The van der Waals surface area contributed by atoms with Crippen LogP contribution in [0.25, 0.3) is 11.0 Å². The molecule has 0 spiro atoms. The molecule has 7 nitrogen and oxygen atoms in total. The number of carbonyl (C=O) groups is 1. The summed E-state index contributed by atoms with van der Waals surface area (Å²) in [4.78, 5) is 21.4. The van der Waals surface area contributed by atoms with Gasteiger partial charge in [-0.2, -0.15) is 0 Å². The van der Waals surface area contributed by atoms with Gasteiger partial charge in [0.15, 0.2) is 5.96 Å². The average molecular weight is 405 g/mol. The third-order valence-corrected chi connectivity index (χ3v) is 5.39. The second-order valence-electron chi connectivity index (χ2n) is 7.48. The quantitative estimate of drug-likeness (QED) is 0.436. The van der Waals surface area contributed by atoms with Crippen LogP contribution in [-0.2, 0) is 11.3 Å². The summed E-state index contributed by atoms with van der Waals surface area (Å²) in [6.45, 7) is 6.95. The van der Waals surface area contributed by atoms with Crippen LogP contribution in [0.1, 0.15) is 30.7 Å². The minimum absolute atomic E-state index is 0.0503. The Labute approximate surface area is 176 Å². The average Bonchev–Trinajstić information content (AvgIpc) is 3.07. The van der Waals surface area contributed by atoms with Gasteiger partial charge in [-0.3, -0.25) is 9.79 Å². The van der Waals surface area contributed by atoms with Gasteiger partial charge in [-0.15, -0.1) is 0 Å². The molecule has 1 aliphatic heterocycles. The first-order chi connectivity index (χ1) is 14.7. The van der Waals surface area contributed by atoms with Gasteiger partial charge in [0.2, 0.25) is 5.91 Å². The molecule has 1 atom stereocenters. The summed E-state index contributed by atoms with van der Waals surface area (Å²) in [5.41, 5.74) is 4.21. The number of hydrogen-bond acceptors (Lipinski definition) is 3. The molecule has 3 aromatic rings. The third kappa shape index (κ3) is 4.30. The normalized spacial score (nSPS) is 16.3. The Morgan fingerprint density at radius 2 is 2.00 bits per heavy atom. The molecule has 0 aliphatic carbocycles. The van der Waals surface area contributed by atoms with Gasteiger partial charge in [0.1, 0.15) is 5.82 Å². The standard InChI is InChI=1S/C23H28N6O/c1-3-24-23(25-12-13-29-16(2)27-20-10-6-7-11-21(20)29)26-15-17-14-22(30)28-19-9-5-4-8-18(17)19/h4-11,17H,3,12-15H2,1-2H3,(H,28,30)(H2,24,25,26). The number of benzene rings is 2. The van der Waals surface area contributed by atoms with Crippen LogP contribution < -0.4 is 16.0 Å². The fraction of sp³-hybridized carbons (Fsp3) is 0.348. The van der Waals surface area contributed by atoms with E-state index < -0.39 is 0 Å². The molecule has 0 fully saturated rings. The van der Waals surface area contributed by atoms with Crippen molar-refractivity contribution >= 4 is 28.6 Å². The number of anilines is 1. The van der Waals surface area contributed by atoms with E-state index in [2.05, 4.69) is 37.6 Å². The highest BCUT2D eigenvalue weighted by molar-refractivity contribution is 5.94. The van der Waals surface area contributed by atoms with Crippen LogP contribution >= 0.6 is 0 Å². The van der Waals surface area contributed by atoms with Crippen molar-refractivity contribution in [1.29, 1.82) is 0 Å². The van der Waals surface area contributed by atoms with Crippen LogP contribution in [0.4, 0.5) is 5.69 Å². The summed E-state index contributed by atoms with van der Waals surface area (Å²) in [5, 5.41) is 9.66. The molecule has 156 valence electrons. The number of carbonyl (C=O) groups excluding carboxylic acids is 1. The van der Waals surface area contributed by atoms with E-state index in [9.17, 15) is 4.79 Å². The molecular formula is C23H28N6O. The van der Waals surface area contributed by atoms with Crippen molar-refractivity contribution in [2.75, 3.05) is 25.0 Å². The van der Waals surface area contributed by atoms with E-state index in [-0.39, 0.29) is 11.8 Å². The van der Waals surface area contributed by atoms with Crippen LogP contribution in [0.2, 0.25) is 0 Å². The second-order valence-corrected chi connectivity index (χ2v) is 7.48. The lowest BCUT2D eigenvalue weighted by atomic mass is 9.91. The minimum atomic E-state index is 0.0503. The largest absolute Gasteiger partial charge is 0.357 e. The molecular weight excluding hydrogens is 376 g/mol. The lowest BCUT2D eigenvalue weighted by molar-refractivity contribution is -0.116. The van der Waals surface area contributed by atoms with E-state index >= 15 is 0 Å². The molecule has 0 saturated carbocycles. The van der Waals surface area contributed by atoms with Crippen LogP contribution in [0.3, 0.4) is 0 Å². The number of nitrogens with zero attached hydrogens (tertiary/aromatic N) is 3. The zero-order valence-corrected chi connectivity index (χ0v) is 17.5. The van der Waals surface area contributed by atoms with Crippen LogP contribution in [0, 0.1) is 6.92 Å². The lowest BCUT2D eigenvalue weighted by Gasteiger charge is -2.24. The van der Waals surface area contributed by atoms with E-state index in [4.69, 9.17) is 4.99 Å². The third-order valence-electron chi connectivity index (χ3n) is 5.39. The molecule has 1 aromatic heterocycles. The van der Waals surface area contributed by atoms with Gasteiger partial charge in [-0.05, 0) is 37.6 Å². The number of aliphatic imine (C=N–C) groups is 1.